The minimum atomic E-state index is -0.982. The van der Waals surface area contributed by atoms with Gasteiger partial charge in [-0.1, -0.05) is 11.3 Å². The summed E-state index contributed by atoms with van der Waals surface area (Å²) >= 11 is 0.972. The topological polar surface area (TPSA) is 102 Å². The van der Waals surface area contributed by atoms with Gasteiger partial charge in [0.15, 0.2) is 22.6 Å². The Morgan fingerprint density at radius 1 is 1.27 bits per heavy atom. The number of fused-ring (bicyclic) bond motifs is 1. The highest BCUT2D eigenvalue weighted by Crippen LogP contribution is 2.29. The smallest absolute Gasteiger partial charge is 0.323 e. The van der Waals surface area contributed by atoms with Gasteiger partial charge in [-0.15, -0.1) is 0 Å². The molecule has 2 aromatic heterocycles. The van der Waals surface area contributed by atoms with E-state index in [0.29, 0.717) is 12.1 Å². The Bertz CT molecular complexity index is 1180. The number of thiazole rings is 1. The first kappa shape index (κ1) is 23.2. The molecule has 0 spiro atoms. The minimum absolute atomic E-state index is 0.00797. The number of amides is 2. The third-order valence-corrected chi connectivity index (χ3v) is 6.29. The summed E-state index contributed by atoms with van der Waals surface area (Å²) < 4.78 is 42.2. The Morgan fingerprint density at radius 3 is 2.76 bits per heavy atom. The van der Waals surface area contributed by atoms with Crippen molar-refractivity contribution in [3.05, 3.63) is 47.4 Å². The van der Waals surface area contributed by atoms with Crippen LogP contribution in [0, 0.1) is 17.5 Å². The fraction of sp³-hybridized carbons (Fsp3) is 0.381. The number of aromatic nitrogens is 2. The second kappa shape index (κ2) is 9.49. The minimum Gasteiger partial charge on any atom is -0.394 e. The maximum atomic E-state index is 14.7. The van der Waals surface area contributed by atoms with Gasteiger partial charge in [-0.3, -0.25) is 5.32 Å². The fourth-order valence-corrected chi connectivity index (χ4v) is 4.66. The van der Waals surface area contributed by atoms with E-state index in [4.69, 9.17) is 5.11 Å². The predicted octanol–water partition coefficient (Wildman–Crippen LogP) is 2.75. The van der Waals surface area contributed by atoms with Crippen molar-refractivity contribution in [3.8, 4) is 0 Å². The van der Waals surface area contributed by atoms with Crippen LogP contribution < -0.4 is 10.2 Å². The highest BCUT2D eigenvalue weighted by Gasteiger charge is 2.29. The SMILES string of the molecule is CC1CN(C(=O)Nc2nc3c(F)cc(F)cc3s2)CCN1c1ncc(CC(O)CO)cc1F. The molecular formula is C21H22F3N5O3S. The molecule has 4 rings (SSSR count). The molecule has 12 heteroatoms. The van der Waals surface area contributed by atoms with Gasteiger partial charge in [-0.05, 0) is 24.6 Å². The molecule has 1 aliphatic heterocycles. The van der Waals surface area contributed by atoms with Gasteiger partial charge < -0.3 is 20.0 Å². The average molecular weight is 482 g/mol. The van der Waals surface area contributed by atoms with Gasteiger partial charge >= 0.3 is 6.03 Å². The van der Waals surface area contributed by atoms with E-state index in [-0.39, 0.29) is 46.7 Å². The Kier molecular flexibility index (Phi) is 6.68. The molecule has 2 atom stereocenters. The Morgan fingerprint density at radius 2 is 2.06 bits per heavy atom. The zero-order valence-corrected chi connectivity index (χ0v) is 18.4. The fourth-order valence-electron chi connectivity index (χ4n) is 3.77. The molecule has 0 aliphatic carbocycles. The number of pyridine rings is 1. The lowest BCUT2D eigenvalue weighted by molar-refractivity contribution is 0.0954. The monoisotopic (exact) mass is 481 g/mol. The van der Waals surface area contributed by atoms with E-state index in [1.807, 2.05) is 6.92 Å². The van der Waals surface area contributed by atoms with E-state index in [2.05, 4.69) is 15.3 Å². The van der Waals surface area contributed by atoms with Gasteiger partial charge in [0, 0.05) is 44.4 Å². The number of piperazine rings is 1. The average Bonchev–Trinajstić information content (AvgIpc) is 3.16. The lowest BCUT2D eigenvalue weighted by Gasteiger charge is -2.40. The zero-order chi connectivity index (χ0) is 23.7. The molecule has 3 N–H and O–H groups in total. The highest BCUT2D eigenvalue weighted by molar-refractivity contribution is 7.22. The number of benzene rings is 1. The van der Waals surface area contributed by atoms with Crippen molar-refractivity contribution in [2.45, 2.75) is 25.5 Å². The quantitative estimate of drug-likeness (QED) is 0.518. The molecule has 0 saturated carbocycles. The summed E-state index contributed by atoms with van der Waals surface area (Å²) in [6, 6.07) is 2.49. The summed E-state index contributed by atoms with van der Waals surface area (Å²) in [5, 5.41) is 21.2. The summed E-state index contributed by atoms with van der Waals surface area (Å²) in [6.07, 6.45) is 0.564. The standard InChI is InChI=1S/C21H22F3N5O3S/c1-11-9-28(21(32)27-20-26-18-15(23)6-13(22)7-17(18)33-20)2-3-29(11)19-16(24)5-12(8-25-19)4-14(31)10-30/h5-8,11,14,30-31H,2-4,9-10H2,1H3,(H,26,27,32). The van der Waals surface area contributed by atoms with E-state index in [1.165, 1.54) is 17.2 Å². The summed E-state index contributed by atoms with van der Waals surface area (Å²) in [5.74, 6) is -1.92. The first-order valence-electron chi connectivity index (χ1n) is 10.3. The molecule has 1 saturated heterocycles. The Hall–Kier alpha value is -2.96. The summed E-state index contributed by atoms with van der Waals surface area (Å²) in [5.41, 5.74) is 0.460. The van der Waals surface area contributed by atoms with Crippen LogP contribution in [0.5, 0.6) is 0 Å². The van der Waals surface area contributed by atoms with Crippen molar-refractivity contribution in [1.82, 2.24) is 14.9 Å². The van der Waals surface area contributed by atoms with Crippen molar-refractivity contribution >= 4 is 38.5 Å². The maximum Gasteiger partial charge on any atom is 0.323 e. The van der Waals surface area contributed by atoms with E-state index in [1.54, 1.807) is 4.90 Å². The van der Waals surface area contributed by atoms with Crippen molar-refractivity contribution in [2.75, 3.05) is 36.5 Å². The highest BCUT2D eigenvalue weighted by atomic mass is 32.1. The molecule has 33 heavy (non-hydrogen) atoms. The number of halogens is 3. The molecule has 1 aliphatic rings. The second-order valence-electron chi connectivity index (χ2n) is 7.86. The normalized spacial score (nSPS) is 17.5. The number of carbonyl (C=O) groups excluding carboxylic acids is 1. The number of urea groups is 1. The van der Waals surface area contributed by atoms with Crippen LogP contribution in [0.1, 0.15) is 12.5 Å². The Labute approximate surface area is 191 Å². The number of anilines is 2. The van der Waals surface area contributed by atoms with Gasteiger partial charge in [0.1, 0.15) is 11.3 Å². The third kappa shape index (κ3) is 5.02. The van der Waals surface area contributed by atoms with Crippen LogP contribution >= 0.6 is 11.3 Å². The molecule has 176 valence electrons. The molecule has 2 unspecified atom stereocenters. The number of aliphatic hydroxyl groups is 2. The molecule has 1 aromatic carbocycles. The van der Waals surface area contributed by atoms with Gasteiger partial charge in [0.05, 0.1) is 17.4 Å². The molecule has 0 bridgehead atoms. The number of hydrogen-bond donors (Lipinski definition) is 3. The maximum absolute atomic E-state index is 14.7. The lowest BCUT2D eigenvalue weighted by atomic mass is 10.1. The van der Waals surface area contributed by atoms with Gasteiger partial charge in [0.25, 0.3) is 0 Å². The van der Waals surface area contributed by atoms with E-state index < -0.39 is 36.2 Å². The number of nitrogens with one attached hydrogen (secondary N) is 1. The van der Waals surface area contributed by atoms with Crippen molar-refractivity contribution in [1.29, 1.82) is 0 Å². The second-order valence-corrected chi connectivity index (χ2v) is 8.89. The van der Waals surface area contributed by atoms with Crippen LogP contribution in [-0.4, -0.2) is 69.5 Å². The van der Waals surface area contributed by atoms with Gasteiger partial charge in [-0.25, -0.2) is 27.9 Å². The molecule has 2 amide bonds. The number of hydrogen-bond acceptors (Lipinski definition) is 7. The summed E-state index contributed by atoms with van der Waals surface area (Å²) in [7, 11) is 0. The van der Waals surface area contributed by atoms with Crippen LogP contribution in [0.15, 0.2) is 24.4 Å². The number of carbonyl (C=O) groups is 1. The van der Waals surface area contributed by atoms with Crippen LogP contribution in [-0.2, 0) is 6.42 Å². The summed E-state index contributed by atoms with van der Waals surface area (Å²) in [4.78, 5) is 24.2. The van der Waals surface area contributed by atoms with E-state index in [9.17, 15) is 23.1 Å². The molecule has 8 nitrogen and oxygen atoms in total. The summed E-state index contributed by atoms with van der Waals surface area (Å²) in [6.45, 7) is 2.31. The van der Waals surface area contributed by atoms with Crippen LogP contribution in [0.25, 0.3) is 10.2 Å². The Balaban J connectivity index is 1.41. The first-order valence-corrected chi connectivity index (χ1v) is 11.1. The predicted molar refractivity (Wildman–Crippen MR) is 118 cm³/mol. The largest absolute Gasteiger partial charge is 0.394 e. The van der Waals surface area contributed by atoms with Crippen LogP contribution in [0.4, 0.5) is 28.9 Å². The van der Waals surface area contributed by atoms with Gasteiger partial charge in [-0.2, -0.15) is 0 Å². The number of aliphatic hydroxyl groups excluding tert-OH is 2. The van der Waals surface area contributed by atoms with Gasteiger partial charge in [0.2, 0.25) is 0 Å². The van der Waals surface area contributed by atoms with E-state index >= 15 is 0 Å². The number of rotatable bonds is 5. The molecule has 1 fully saturated rings. The van der Waals surface area contributed by atoms with Crippen molar-refractivity contribution in [2.24, 2.45) is 0 Å². The molecule has 3 aromatic rings. The molecule has 0 radical (unpaired) electrons. The van der Waals surface area contributed by atoms with Crippen molar-refractivity contribution in [3.63, 3.8) is 0 Å². The van der Waals surface area contributed by atoms with E-state index in [0.717, 1.165) is 23.5 Å². The number of nitrogens with zero attached hydrogens (tertiary/aromatic N) is 4. The third-order valence-electron chi connectivity index (χ3n) is 5.37. The van der Waals surface area contributed by atoms with Crippen LogP contribution in [0.2, 0.25) is 0 Å². The molecule has 3 heterocycles. The van der Waals surface area contributed by atoms with Crippen molar-refractivity contribution < 1.29 is 28.2 Å². The lowest BCUT2D eigenvalue weighted by Crippen LogP contribution is -2.55. The molecular weight excluding hydrogens is 459 g/mol. The van der Waals surface area contributed by atoms with Crippen LogP contribution in [0.3, 0.4) is 0 Å². The first-order chi connectivity index (χ1) is 15.7. The zero-order valence-electron chi connectivity index (χ0n) is 17.6.